The first-order chi connectivity index (χ1) is 28.5. The van der Waals surface area contributed by atoms with Gasteiger partial charge in [0.1, 0.15) is 28.4 Å². The van der Waals surface area contributed by atoms with E-state index in [4.69, 9.17) is 18.9 Å². The number of alkyl halides is 1. The van der Waals surface area contributed by atoms with Gasteiger partial charge in [-0.3, -0.25) is 14.0 Å². The van der Waals surface area contributed by atoms with Crippen LogP contribution in [-0.4, -0.2) is 121 Å². The predicted molar refractivity (Wildman–Crippen MR) is 229 cm³/mol. The van der Waals surface area contributed by atoms with Gasteiger partial charge < -0.3 is 50.4 Å². The van der Waals surface area contributed by atoms with E-state index in [9.17, 15) is 33.2 Å². The highest BCUT2D eigenvalue weighted by atomic mass is 19.1. The molecule has 0 radical (unpaired) electrons. The van der Waals surface area contributed by atoms with Crippen molar-refractivity contribution < 1.29 is 52.1 Å². The number of rotatable bonds is 21. The molecule has 16 nitrogen and oxygen atoms in total. The van der Waals surface area contributed by atoms with Crippen LogP contribution in [0.2, 0.25) is 0 Å². The summed E-state index contributed by atoms with van der Waals surface area (Å²) in [5.41, 5.74) is -2.83. The third-order valence-electron chi connectivity index (χ3n) is 9.56. The number of hydrogen-bond acceptors (Lipinski definition) is 11. The molecule has 1 fully saturated rings. The fraction of sp³-hybridized carbons (Fsp3) is 0.727. The van der Waals surface area contributed by atoms with Crippen LogP contribution < -0.4 is 26.6 Å². The van der Waals surface area contributed by atoms with Gasteiger partial charge in [-0.1, -0.05) is 43.2 Å². The molecule has 0 saturated carbocycles. The maximum atomic E-state index is 14.3. The Morgan fingerprint density at radius 3 is 1.87 bits per heavy atom. The number of nitrogens with zero attached hydrogens (tertiary/aromatic N) is 1. The molecule has 1 aliphatic rings. The van der Waals surface area contributed by atoms with Crippen LogP contribution >= 0.6 is 0 Å². The second-order valence-corrected chi connectivity index (χ2v) is 18.5. The number of carbonyl (C=O) groups is 6. The van der Waals surface area contributed by atoms with E-state index in [-0.39, 0.29) is 44.8 Å². The van der Waals surface area contributed by atoms with Crippen LogP contribution in [0.3, 0.4) is 0 Å². The Kier molecular flexibility index (Phi) is 21.2. The van der Waals surface area contributed by atoms with Crippen LogP contribution in [-0.2, 0) is 39.8 Å². The Hall–Kier alpha value is -4.67. The molecular weight excluding hydrogens is 792 g/mol. The van der Waals surface area contributed by atoms with Crippen molar-refractivity contribution in [3.05, 3.63) is 35.9 Å². The van der Waals surface area contributed by atoms with Gasteiger partial charge in [-0.25, -0.2) is 19.2 Å². The number of likely N-dealkylation sites (tertiary alicyclic amines) is 1. The van der Waals surface area contributed by atoms with Gasteiger partial charge in [0.05, 0.1) is 19.8 Å². The fourth-order valence-corrected chi connectivity index (χ4v) is 6.68. The zero-order valence-electron chi connectivity index (χ0n) is 38.1. The number of methoxy groups -OCH3 is 1. The lowest BCUT2D eigenvalue weighted by atomic mass is 9.87. The van der Waals surface area contributed by atoms with E-state index in [1.807, 2.05) is 30.3 Å². The molecule has 1 aliphatic heterocycles. The van der Waals surface area contributed by atoms with E-state index in [0.29, 0.717) is 51.5 Å². The summed E-state index contributed by atoms with van der Waals surface area (Å²) in [6.07, 6.45) is 1.75. The van der Waals surface area contributed by atoms with Crippen molar-refractivity contribution in [1.29, 1.82) is 0 Å². The number of ether oxygens (including phenoxy) is 4. The molecule has 1 saturated heterocycles. The van der Waals surface area contributed by atoms with E-state index in [2.05, 4.69) is 26.6 Å². The smallest absolute Gasteiger partial charge is 0.408 e. The topological polar surface area (TPSA) is 203 Å². The summed E-state index contributed by atoms with van der Waals surface area (Å²) in [7, 11) is 1.24. The first-order valence-corrected chi connectivity index (χ1v) is 21.4. The van der Waals surface area contributed by atoms with E-state index >= 15 is 0 Å². The lowest BCUT2D eigenvalue weighted by Gasteiger charge is -2.41. The van der Waals surface area contributed by atoms with Crippen molar-refractivity contribution in [1.82, 2.24) is 31.5 Å². The van der Waals surface area contributed by atoms with E-state index in [0.717, 1.165) is 5.56 Å². The number of unbranched alkanes of at least 4 members (excludes halogenated alkanes) is 3. The van der Waals surface area contributed by atoms with Crippen LogP contribution in [0, 0.1) is 0 Å². The average molecular weight is 865 g/mol. The Labute approximate surface area is 361 Å². The molecule has 1 heterocycles. The second-order valence-electron chi connectivity index (χ2n) is 18.5. The summed E-state index contributed by atoms with van der Waals surface area (Å²) in [5.74, 6) is -1.33. The SMILES string of the molecule is COC(=O)C1(NC(=O)OC(C)(C)C)CCN(C(=O)C(CCCCNC(=O)OC(C)(C)C)NCC(CCCCCF)NC(=O)C(Cc2ccccc2)NC(=O)OC(C)(C)C)CC1. The molecule has 0 spiro atoms. The van der Waals surface area contributed by atoms with Gasteiger partial charge in [0.15, 0.2) is 0 Å². The van der Waals surface area contributed by atoms with E-state index in [1.54, 1.807) is 67.2 Å². The molecule has 3 atom stereocenters. The standard InChI is InChI=1S/C44H73FN6O10/c1-41(2,3)59-38(55)46-26-18-16-22-33(36(53)51-27-23-44(24-28-51,37(54)58-10)50-40(57)61-43(7,8)9)47-30-32(21-15-12-17-25-45)48-35(52)34(29-31-19-13-11-14-20-31)49-39(56)60-42(4,5)6/h11,13-14,19-20,32-34,47H,12,15-18,21-30H2,1-10H3,(H,46,55)(H,48,52)(H,49,56)(H,50,57). The van der Waals surface area contributed by atoms with Gasteiger partial charge in [0, 0.05) is 38.6 Å². The number of nitrogens with one attached hydrogen (secondary N) is 5. The van der Waals surface area contributed by atoms with Crippen molar-refractivity contribution in [3.8, 4) is 0 Å². The monoisotopic (exact) mass is 865 g/mol. The third kappa shape index (κ3) is 21.1. The molecule has 0 aliphatic carbocycles. The number of carbonyl (C=O) groups excluding carboxylic acids is 6. The number of halogens is 1. The second kappa shape index (κ2) is 24.7. The third-order valence-corrected chi connectivity index (χ3v) is 9.56. The Morgan fingerprint density at radius 1 is 0.721 bits per heavy atom. The number of benzene rings is 1. The Balaban J connectivity index is 2.31. The summed E-state index contributed by atoms with van der Waals surface area (Å²) in [6, 6.07) is 7.01. The predicted octanol–water partition coefficient (Wildman–Crippen LogP) is 5.85. The minimum atomic E-state index is -1.40. The van der Waals surface area contributed by atoms with Crippen molar-refractivity contribution in [2.45, 2.75) is 167 Å². The van der Waals surface area contributed by atoms with Gasteiger partial charge in [-0.15, -0.1) is 0 Å². The quantitative estimate of drug-likeness (QED) is 0.0564. The zero-order chi connectivity index (χ0) is 45.9. The Bertz CT molecular complexity index is 1550. The van der Waals surface area contributed by atoms with Crippen molar-refractivity contribution in [2.75, 3.05) is 40.0 Å². The van der Waals surface area contributed by atoms with Gasteiger partial charge >= 0.3 is 24.2 Å². The van der Waals surface area contributed by atoms with Crippen molar-refractivity contribution >= 4 is 36.1 Å². The lowest BCUT2D eigenvalue weighted by molar-refractivity contribution is -0.153. The van der Waals surface area contributed by atoms with Crippen molar-refractivity contribution in [2.24, 2.45) is 0 Å². The first-order valence-electron chi connectivity index (χ1n) is 21.4. The molecule has 1 aromatic carbocycles. The molecule has 2 rings (SSSR count). The van der Waals surface area contributed by atoms with Gasteiger partial charge in [-0.2, -0.15) is 0 Å². The summed E-state index contributed by atoms with van der Waals surface area (Å²) in [4.78, 5) is 80.9. The van der Waals surface area contributed by atoms with Crippen molar-refractivity contribution in [3.63, 3.8) is 0 Å². The molecule has 61 heavy (non-hydrogen) atoms. The van der Waals surface area contributed by atoms with Gasteiger partial charge in [0.25, 0.3) is 0 Å². The first kappa shape index (κ1) is 52.5. The number of piperidine rings is 1. The highest BCUT2D eigenvalue weighted by Crippen LogP contribution is 2.26. The number of alkyl carbamates (subject to hydrolysis) is 3. The van der Waals surface area contributed by atoms with Crippen LogP contribution in [0.5, 0.6) is 0 Å². The van der Waals surface area contributed by atoms with Crippen LogP contribution in [0.25, 0.3) is 0 Å². The minimum Gasteiger partial charge on any atom is -0.467 e. The fourth-order valence-electron chi connectivity index (χ4n) is 6.68. The highest BCUT2D eigenvalue weighted by Gasteiger charge is 2.46. The molecule has 3 unspecified atom stereocenters. The van der Waals surface area contributed by atoms with E-state index in [1.165, 1.54) is 7.11 Å². The normalized spacial score (nSPS) is 15.6. The molecule has 0 aromatic heterocycles. The van der Waals surface area contributed by atoms with Gasteiger partial charge in [-0.05, 0) is 113 Å². The van der Waals surface area contributed by atoms with Crippen LogP contribution in [0.1, 0.15) is 126 Å². The zero-order valence-corrected chi connectivity index (χ0v) is 38.1. The van der Waals surface area contributed by atoms with E-state index < -0.39 is 77.3 Å². The molecule has 0 bridgehead atoms. The summed E-state index contributed by atoms with van der Waals surface area (Å²) in [5, 5.41) is 14.6. The molecule has 5 N–H and O–H groups in total. The maximum Gasteiger partial charge on any atom is 0.408 e. The minimum absolute atomic E-state index is 0.0812. The molecule has 17 heteroatoms. The van der Waals surface area contributed by atoms with Crippen LogP contribution in [0.15, 0.2) is 30.3 Å². The average Bonchev–Trinajstić information content (AvgIpc) is 3.14. The molecule has 1 aromatic rings. The molecule has 5 amide bonds. The number of esters is 1. The lowest BCUT2D eigenvalue weighted by Crippen LogP contribution is -2.63. The summed E-state index contributed by atoms with van der Waals surface area (Å²) in [6.45, 7) is 15.9. The molecular formula is C44H73FN6O10. The maximum absolute atomic E-state index is 14.3. The van der Waals surface area contributed by atoms with Crippen LogP contribution in [0.4, 0.5) is 18.8 Å². The number of hydrogen-bond donors (Lipinski definition) is 5. The largest absolute Gasteiger partial charge is 0.467 e. The molecule has 346 valence electrons. The highest BCUT2D eigenvalue weighted by molar-refractivity contribution is 5.88. The summed E-state index contributed by atoms with van der Waals surface area (Å²) >= 11 is 0. The number of amides is 5. The Morgan fingerprint density at radius 2 is 1.30 bits per heavy atom. The summed E-state index contributed by atoms with van der Waals surface area (Å²) < 4.78 is 34.4. The van der Waals surface area contributed by atoms with Gasteiger partial charge in [0.2, 0.25) is 11.8 Å².